The molecule has 96 valence electrons. The van der Waals surface area contributed by atoms with Crippen LogP contribution in [-0.4, -0.2) is 33.2 Å². The first-order valence-electron chi connectivity index (χ1n) is 5.13. The number of methoxy groups -OCH3 is 1. The van der Waals surface area contributed by atoms with Gasteiger partial charge in [0.2, 0.25) is 10.0 Å². The number of hydrogen-bond donors (Lipinski definition) is 1. The third-order valence-corrected chi connectivity index (χ3v) is 4.16. The van der Waals surface area contributed by atoms with Crippen LogP contribution >= 0.6 is 11.6 Å². The van der Waals surface area contributed by atoms with Crippen molar-refractivity contribution in [2.45, 2.75) is 24.3 Å². The molecular formula is C10H15ClN2O3S. The average molecular weight is 279 g/mol. The first-order valence-corrected chi connectivity index (χ1v) is 6.99. The molecule has 7 heteroatoms. The zero-order valence-corrected chi connectivity index (χ0v) is 11.3. The van der Waals surface area contributed by atoms with Crippen LogP contribution in [0, 0.1) is 0 Å². The predicted octanol–water partition coefficient (Wildman–Crippen LogP) is 1.44. The molecule has 0 radical (unpaired) electrons. The summed E-state index contributed by atoms with van der Waals surface area (Å²) >= 11 is 5.75. The first-order chi connectivity index (χ1) is 8.01. The van der Waals surface area contributed by atoms with Crippen LogP contribution in [0.25, 0.3) is 0 Å². The predicted molar refractivity (Wildman–Crippen MR) is 65.5 cm³/mol. The van der Waals surface area contributed by atoms with Crippen LogP contribution in [0.15, 0.2) is 23.2 Å². The van der Waals surface area contributed by atoms with Gasteiger partial charge in [0.05, 0.1) is 6.61 Å². The highest BCUT2D eigenvalue weighted by Crippen LogP contribution is 2.18. The van der Waals surface area contributed by atoms with Gasteiger partial charge in [0.1, 0.15) is 10.0 Å². The van der Waals surface area contributed by atoms with E-state index in [4.69, 9.17) is 16.3 Å². The van der Waals surface area contributed by atoms with E-state index in [0.29, 0.717) is 13.0 Å². The molecule has 1 atom stereocenters. The van der Waals surface area contributed by atoms with E-state index in [2.05, 4.69) is 9.71 Å². The summed E-state index contributed by atoms with van der Waals surface area (Å²) in [5.41, 5.74) is 0. The Kier molecular flexibility index (Phi) is 5.32. The molecule has 0 bridgehead atoms. The van der Waals surface area contributed by atoms with E-state index in [0.717, 1.165) is 0 Å². The Labute approximate surface area is 106 Å². The molecule has 0 amide bonds. The summed E-state index contributed by atoms with van der Waals surface area (Å²) in [4.78, 5) is 3.72. The number of aromatic nitrogens is 1. The van der Waals surface area contributed by atoms with Gasteiger partial charge in [-0.3, -0.25) is 0 Å². The van der Waals surface area contributed by atoms with Crippen molar-refractivity contribution in [3.05, 3.63) is 23.5 Å². The number of rotatable bonds is 6. The van der Waals surface area contributed by atoms with Gasteiger partial charge in [0.15, 0.2) is 0 Å². The Bertz CT molecular complexity index is 464. The minimum atomic E-state index is -3.65. The average Bonchev–Trinajstić information content (AvgIpc) is 2.28. The van der Waals surface area contributed by atoms with E-state index in [1.807, 2.05) is 6.92 Å². The fraction of sp³-hybridized carbons (Fsp3) is 0.500. The number of ether oxygens (including phenoxy) is 1. The Morgan fingerprint density at radius 2 is 2.29 bits per heavy atom. The number of halogens is 1. The van der Waals surface area contributed by atoms with Gasteiger partial charge in [-0.1, -0.05) is 18.5 Å². The molecule has 0 spiro atoms. The number of sulfonamides is 1. The second kappa shape index (κ2) is 6.30. The van der Waals surface area contributed by atoms with Gasteiger partial charge < -0.3 is 4.74 Å². The monoisotopic (exact) mass is 278 g/mol. The van der Waals surface area contributed by atoms with Gasteiger partial charge in [-0.05, 0) is 18.6 Å². The molecular weight excluding hydrogens is 264 g/mol. The van der Waals surface area contributed by atoms with Crippen molar-refractivity contribution < 1.29 is 13.2 Å². The Morgan fingerprint density at radius 1 is 1.59 bits per heavy atom. The minimum absolute atomic E-state index is 0.0174. The van der Waals surface area contributed by atoms with Crippen molar-refractivity contribution in [1.82, 2.24) is 9.71 Å². The largest absolute Gasteiger partial charge is 0.383 e. The van der Waals surface area contributed by atoms with E-state index >= 15 is 0 Å². The molecule has 0 aliphatic heterocycles. The lowest BCUT2D eigenvalue weighted by molar-refractivity contribution is 0.173. The highest BCUT2D eigenvalue weighted by molar-refractivity contribution is 7.89. The maximum Gasteiger partial charge on any atom is 0.243 e. The second-order valence-electron chi connectivity index (χ2n) is 3.47. The number of nitrogens with zero attached hydrogens (tertiary/aromatic N) is 1. The highest BCUT2D eigenvalue weighted by Gasteiger charge is 2.21. The van der Waals surface area contributed by atoms with E-state index in [1.165, 1.54) is 25.4 Å². The molecule has 5 nitrogen and oxygen atoms in total. The molecule has 0 aliphatic carbocycles. The minimum Gasteiger partial charge on any atom is -0.383 e. The van der Waals surface area contributed by atoms with Crippen molar-refractivity contribution in [1.29, 1.82) is 0 Å². The van der Waals surface area contributed by atoms with Crippen molar-refractivity contribution >= 4 is 21.6 Å². The zero-order valence-electron chi connectivity index (χ0n) is 9.68. The fourth-order valence-corrected chi connectivity index (χ4v) is 3.05. The second-order valence-corrected chi connectivity index (χ2v) is 5.51. The van der Waals surface area contributed by atoms with Crippen LogP contribution in [0.4, 0.5) is 0 Å². The van der Waals surface area contributed by atoms with Crippen molar-refractivity contribution in [2.24, 2.45) is 0 Å². The lowest BCUT2D eigenvalue weighted by Crippen LogP contribution is -2.37. The molecule has 17 heavy (non-hydrogen) atoms. The lowest BCUT2D eigenvalue weighted by atomic mass is 10.3. The SMILES string of the molecule is CCC(COC)NS(=O)(=O)c1cccnc1Cl. The van der Waals surface area contributed by atoms with Gasteiger partial charge in [-0.15, -0.1) is 0 Å². The van der Waals surface area contributed by atoms with Gasteiger partial charge in [-0.2, -0.15) is 0 Å². The van der Waals surface area contributed by atoms with Crippen molar-refractivity contribution in [3.8, 4) is 0 Å². The van der Waals surface area contributed by atoms with Crippen LogP contribution in [0.5, 0.6) is 0 Å². The van der Waals surface area contributed by atoms with Crippen LogP contribution in [0.1, 0.15) is 13.3 Å². The zero-order chi connectivity index (χ0) is 12.9. The van der Waals surface area contributed by atoms with Gasteiger partial charge in [-0.25, -0.2) is 18.1 Å². The maximum atomic E-state index is 12.0. The van der Waals surface area contributed by atoms with Crippen LogP contribution in [0.2, 0.25) is 5.15 Å². The van der Waals surface area contributed by atoms with Gasteiger partial charge >= 0.3 is 0 Å². The quantitative estimate of drug-likeness (QED) is 0.800. The van der Waals surface area contributed by atoms with E-state index < -0.39 is 10.0 Å². The molecule has 1 unspecified atom stereocenters. The summed E-state index contributed by atoms with van der Waals surface area (Å²) in [6.07, 6.45) is 2.07. The van der Waals surface area contributed by atoms with Crippen molar-refractivity contribution in [3.63, 3.8) is 0 Å². The van der Waals surface area contributed by atoms with Crippen LogP contribution in [0.3, 0.4) is 0 Å². The standard InChI is InChI=1S/C10H15ClN2O3S/c1-3-8(7-16-2)13-17(14,15)9-5-4-6-12-10(9)11/h4-6,8,13H,3,7H2,1-2H3. The number of nitrogens with one attached hydrogen (secondary N) is 1. The van der Waals surface area contributed by atoms with E-state index in [-0.39, 0.29) is 16.1 Å². The summed E-state index contributed by atoms with van der Waals surface area (Å²) in [5, 5.41) is -0.0349. The molecule has 1 heterocycles. The summed E-state index contributed by atoms with van der Waals surface area (Å²) < 4.78 is 31.5. The summed E-state index contributed by atoms with van der Waals surface area (Å²) in [6, 6.07) is 2.66. The molecule has 0 fully saturated rings. The topological polar surface area (TPSA) is 68.3 Å². The van der Waals surface area contributed by atoms with Crippen LogP contribution in [-0.2, 0) is 14.8 Å². The number of pyridine rings is 1. The normalized spacial score (nSPS) is 13.6. The molecule has 0 aliphatic rings. The highest BCUT2D eigenvalue weighted by atomic mass is 35.5. The maximum absolute atomic E-state index is 12.0. The first kappa shape index (κ1) is 14.4. The molecule has 0 aromatic carbocycles. The molecule has 0 saturated heterocycles. The fourth-order valence-electron chi connectivity index (χ4n) is 1.29. The summed E-state index contributed by atoms with van der Waals surface area (Å²) in [6.45, 7) is 2.19. The van der Waals surface area contributed by atoms with Crippen LogP contribution < -0.4 is 4.72 Å². The molecule has 1 rings (SSSR count). The third kappa shape index (κ3) is 3.92. The van der Waals surface area contributed by atoms with E-state index in [9.17, 15) is 8.42 Å². The Morgan fingerprint density at radius 3 is 2.82 bits per heavy atom. The van der Waals surface area contributed by atoms with Crippen molar-refractivity contribution in [2.75, 3.05) is 13.7 Å². The smallest absolute Gasteiger partial charge is 0.243 e. The van der Waals surface area contributed by atoms with E-state index in [1.54, 1.807) is 0 Å². The van der Waals surface area contributed by atoms with Gasteiger partial charge in [0, 0.05) is 19.3 Å². The molecule has 1 aromatic rings. The Balaban J connectivity index is 2.92. The van der Waals surface area contributed by atoms with Gasteiger partial charge in [0.25, 0.3) is 0 Å². The lowest BCUT2D eigenvalue weighted by Gasteiger charge is -2.16. The molecule has 0 saturated carbocycles. The molecule has 1 N–H and O–H groups in total. The third-order valence-electron chi connectivity index (χ3n) is 2.20. The molecule has 1 aromatic heterocycles. The summed E-state index contributed by atoms with van der Waals surface area (Å²) in [7, 11) is -2.13. The Hall–Kier alpha value is -0.690. The summed E-state index contributed by atoms with van der Waals surface area (Å²) in [5.74, 6) is 0. The number of hydrogen-bond acceptors (Lipinski definition) is 4.